The summed E-state index contributed by atoms with van der Waals surface area (Å²) in [7, 11) is 0. The Bertz CT molecular complexity index is 1010. The van der Waals surface area contributed by atoms with E-state index in [1.165, 1.54) is 11.3 Å². The fourth-order valence-electron chi connectivity index (χ4n) is 2.39. The van der Waals surface area contributed by atoms with Crippen LogP contribution in [0.1, 0.15) is 17.5 Å². The third kappa shape index (κ3) is 3.27. The zero-order valence-electron chi connectivity index (χ0n) is 13.5. The van der Waals surface area contributed by atoms with Crippen molar-refractivity contribution < 1.29 is 4.74 Å². The van der Waals surface area contributed by atoms with E-state index in [1.807, 2.05) is 55.5 Å². The molecule has 7 heteroatoms. The number of hydrogen-bond donors (Lipinski definition) is 0. The van der Waals surface area contributed by atoms with Gasteiger partial charge in [-0.2, -0.15) is 9.61 Å². The van der Waals surface area contributed by atoms with Crippen LogP contribution in [-0.2, 0) is 0 Å². The van der Waals surface area contributed by atoms with Crippen molar-refractivity contribution in [3.8, 4) is 17.1 Å². The van der Waals surface area contributed by atoms with Crippen molar-refractivity contribution in [3.05, 3.63) is 59.4 Å². The second-order valence-corrected chi connectivity index (χ2v) is 6.22. The molecule has 124 valence electrons. The molecule has 0 saturated carbocycles. The zero-order valence-corrected chi connectivity index (χ0v) is 14.3. The standard InChI is InChI=1S/C18H15N5OS/c1-2-24-15-6-3-13(4-7-15)5-8-16-22-23-17(20-21-18(23)25-16)14-9-11-19-12-10-14/h3-12H,2H2,1H3/b8-5+. The predicted molar refractivity (Wildman–Crippen MR) is 98.4 cm³/mol. The quantitative estimate of drug-likeness (QED) is 0.548. The molecule has 0 spiro atoms. The van der Waals surface area contributed by atoms with Gasteiger partial charge in [0, 0.05) is 18.0 Å². The third-order valence-electron chi connectivity index (χ3n) is 3.55. The number of benzene rings is 1. The van der Waals surface area contributed by atoms with Crippen molar-refractivity contribution in [2.24, 2.45) is 0 Å². The van der Waals surface area contributed by atoms with E-state index in [1.54, 1.807) is 16.9 Å². The van der Waals surface area contributed by atoms with E-state index < -0.39 is 0 Å². The number of pyridine rings is 1. The molecule has 0 fully saturated rings. The lowest BCUT2D eigenvalue weighted by molar-refractivity contribution is 0.340. The molecule has 0 atom stereocenters. The molecule has 6 nitrogen and oxygen atoms in total. The van der Waals surface area contributed by atoms with Gasteiger partial charge in [0.05, 0.1) is 6.61 Å². The summed E-state index contributed by atoms with van der Waals surface area (Å²) in [6.45, 7) is 2.64. The van der Waals surface area contributed by atoms with Gasteiger partial charge in [0.25, 0.3) is 0 Å². The van der Waals surface area contributed by atoms with E-state index >= 15 is 0 Å². The highest BCUT2D eigenvalue weighted by Gasteiger charge is 2.11. The van der Waals surface area contributed by atoms with Crippen molar-refractivity contribution in [1.29, 1.82) is 0 Å². The second-order valence-electron chi connectivity index (χ2n) is 5.23. The van der Waals surface area contributed by atoms with Crippen LogP contribution in [0.25, 0.3) is 28.5 Å². The van der Waals surface area contributed by atoms with E-state index in [4.69, 9.17) is 4.74 Å². The average Bonchev–Trinajstić information content (AvgIpc) is 3.22. The lowest BCUT2D eigenvalue weighted by Crippen LogP contribution is -1.91. The number of fused-ring (bicyclic) bond motifs is 1. The van der Waals surface area contributed by atoms with E-state index in [0.717, 1.165) is 32.7 Å². The van der Waals surface area contributed by atoms with Gasteiger partial charge in [-0.25, -0.2) is 0 Å². The van der Waals surface area contributed by atoms with Crippen LogP contribution in [0.15, 0.2) is 48.8 Å². The summed E-state index contributed by atoms with van der Waals surface area (Å²) in [5.74, 6) is 1.59. The van der Waals surface area contributed by atoms with Crippen molar-refractivity contribution in [1.82, 2.24) is 24.8 Å². The van der Waals surface area contributed by atoms with Gasteiger partial charge in [0.2, 0.25) is 4.96 Å². The minimum Gasteiger partial charge on any atom is -0.494 e. The highest BCUT2D eigenvalue weighted by molar-refractivity contribution is 7.17. The molecule has 3 heterocycles. The summed E-state index contributed by atoms with van der Waals surface area (Å²) in [4.78, 5) is 4.79. The molecule has 0 N–H and O–H groups in total. The molecule has 0 aliphatic heterocycles. The van der Waals surface area contributed by atoms with Gasteiger partial charge >= 0.3 is 0 Å². The largest absolute Gasteiger partial charge is 0.494 e. The molecule has 0 bridgehead atoms. The van der Waals surface area contributed by atoms with Crippen LogP contribution in [0.2, 0.25) is 0 Å². The Balaban J connectivity index is 1.59. The summed E-state index contributed by atoms with van der Waals surface area (Å²) in [5, 5.41) is 13.9. The average molecular weight is 349 g/mol. The molecule has 1 aromatic carbocycles. The van der Waals surface area contributed by atoms with E-state index in [0.29, 0.717) is 6.61 Å². The molecule has 4 aromatic rings. The SMILES string of the molecule is CCOc1ccc(/C=C/c2nn3c(-c4ccncc4)nnc3s2)cc1. The van der Waals surface area contributed by atoms with Gasteiger partial charge in [-0.15, -0.1) is 10.2 Å². The summed E-state index contributed by atoms with van der Waals surface area (Å²) < 4.78 is 7.21. The molecule has 0 aliphatic rings. The van der Waals surface area contributed by atoms with E-state index in [2.05, 4.69) is 20.3 Å². The molecule has 0 radical (unpaired) electrons. The smallest absolute Gasteiger partial charge is 0.235 e. The molecule has 0 saturated heterocycles. The van der Waals surface area contributed by atoms with Crippen LogP contribution in [0, 0.1) is 0 Å². The maximum absolute atomic E-state index is 5.45. The normalized spacial score (nSPS) is 11.4. The Hall–Kier alpha value is -3.06. The van der Waals surface area contributed by atoms with Crippen LogP contribution < -0.4 is 4.74 Å². The van der Waals surface area contributed by atoms with Gasteiger partial charge in [-0.05, 0) is 42.8 Å². The molecular weight excluding hydrogens is 334 g/mol. The van der Waals surface area contributed by atoms with Gasteiger partial charge in [0.1, 0.15) is 10.8 Å². The van der Waals surface area contributed by atoms with Crippen LogP contribution in [0.5, 0.6) is 5.75 Å². The molecule has 0 aliphatic carbocycles. The summed E-state index contributed by atoms with van der Waals surface area (Å²) in [6, 6.07) is 11.7. The van der Waals surface area contributed by atoms with Crippen LogP contribution in [-0.4, -0.2) is 31.4 Å². The Morgan fingerprint density at radius 1 is 1.04 bits per heavy atom. The predicted octanol–water partition coefficient (Wildman–Crippen LogP) is 3.82. The monoisotopic (exact) mass is 349 g/mol. The molecule has 0 unspecified atom stereocenters. The lowest BCUT2D eigenvalue weighted by Gasteiger charge is -2.01. The maximum Gasteiger partial charge on any atom is 0.235 e. The molecule has 0 amide bonds. The second kappa shape index (κ2) is 6.82. The Morgan fingerprint density at radius 3 is 2.60 bits per heavy atom. The summed E-state index contributed by atoms with van der Waals surface area (Å²) in [6.07, 6.45) is 7.46. The topological polar surface area (TPSA) is 65.2 Å². The van der Waals surface area contributed by atoms with Gasteiger partial charge in [0.15, 0.2) is 5.82 Å². The van der Waals surface area contributed by atoms with Gasteiger partial charge in [-0.1, -0.05) is 29.5 Å². The van der Waals surface area contributed by atoms with Crippen LogP contribution >= 0.6 is 11.3 Å². The van der Waals surface area contributed by atoms with E-state index in [-0.39, 0.29) is 0 Å². The van der Waals surface area contributed by atoms with Crippen molar-refractivity contribution in [3.63, 3.8) is 0 Å². The molecular formula is C18H15N5OS. The number of ether oxygens (including phenoxy) is 1. The first kappa shape index (κ1) is 15.5. The minimum absolute atomic E-state index is 0.669. The van der Waals surface area contributed by atoms with Gasteiger partial charge in [-0.3, -0.25) is 4.98 Å². The van der Waals surface area contributed by atoms with Crippen molar-refractivity contribution >= 4 is 28.4 Å². The highest BCUT2D eigenvalue weighted by Crippen LogP contribution is 2.22. The lowest BCUT2D eigenvalue weighted by atomic mass is 10.2. The first-order valence-corrected chi connectivity index (χ1v) is 8.69. The fourth-order valence-corrected chi connectivity index (χ4v) is 3.13. The van der Waals surface area contributed by atoms with Crippen LogP contribution in [0.3, 0.4) is 0 Å². The molecule has 4 rings (SSSR count). The highest BCUT2D eigenvalue weighted by atomic mass is 32.1. The summed E-state index contributed by atoms with van der Waals surface area (Å²) in [5.41, 5.74) is 2.03. The number of aromatic nitrogens is 5. The zero-order chi connectivity index (χ0) is 17.1. The number of hydrogen-bond acceptors (Lipinski definition) is 6. The number of nitrogens with zero attached hydrogens (tertiary/aromatic N) is 5. The molecule has 25 heavy (non-hydrogen) atoms. The first-order valence-electron chi connectivity index (χ1n) is 7.87. The van der Waals surface area contributed by atoms with Gasteiger partial charge < -0.3 is 4.74 Å². The minimum atomic E-state index is 0.669. The van der Waals surface area contributed by atoms with E-state index in [9.17, 15) is 0 Å². The van der Waals surface area contributed by atoms with Crippen molar-refractivity contribution in [2.45, 2.75) is 6.92 Å². The Morgan fingerprint density at radius 2 is 1.84 bits per heavy atom. The Kier molecular flexibility index (Phi) is 4.22. The Labute approximate surface area is 148 Å². The van der Waals surface area contributed by atoms with Crippen LogP contribution in [0.4, 0.5) is 0 Å². The third-order valence-corrected chi connectivity index (χ3v) is 4.42. The number of rotatable bonds is 5. The van der Waals surface area contributed by atoms with Crippen molar-refractivity contribution in [2.75, 3.05) is 6.61 Å². The fraction of sp³-hybridized carbons (Fsp3) is 0.111. The first-order chi connectivity index (χ1) is 12.3. The maximum atomic E-state index is 5.45. The molecule has 3 aromatic heterocycles. The summed E-state index contributed by atoms with van der Waals surface area (Å²) >= 11 is 1.49.